The summed E-state index contributed by atoms with van der Waals surface area (Å²) in [6.07, 6.45) is 1.75. The molecule has 9 nitrogen and oxygen atoms in total. The second-order valence-electron chi connectivity index (χ2n) is 10.4. The van der Waals surface area contributed by atoms with E-state index in [1.165, 1.54) is 20.3 Å². The first-order valence-electron chi connectivity index (χ1n) is 14.3. The Morgan fingerprint density at radius 1 is 0.884 bits per heavy atom. The second-order valence-corrected chi connectivity index (χ2v) is 10.8. The SMILES string of the molecule is COc1ccc(-c2cc(=O)c3c(O)c(OC)c(OCCCCN4CCN(C(Cl)c5ccccc5)CC4)cc3o2)cc1OC. The van der Waals surface area contributed by atoms with Gasteiger partial charge in [-0.2, -0.15) is 0 Å². The van der Waals surface area contributed by atoms with Crippen LogP contribution in [0.5, 0.6) is 28.7 Å². The standard InChI is InChI=1S/C33H37ClN2O7/c1-39-25-12-11-23(19-27(25)40-2)26-20-24(37)30-28(43-26)21-29(32(41-3)31(30)38)42-18-8-7-13-35-14-16-36(17-15-35)33(34)22-9-5-4-6-10-22/h4-6,9-12,19-21,33,38H,7-8,13-18H2,1-3H3. The number of benzene rings is 3. The van der Waals surface area contributed by atoms with Crippen molar-refractivity contribution in [3.05, 3.63) is 76.5 Å². The first-order chi connectivity index (χ1) is 20.9. The molecule has 1 unspecified atom stereocenters. The van der Waals surface area contributed by atoms with Gasteiger partial charge in [0.1, 0.15) is 22.2 Å². The van der Waals surface area contributed by atoms with Crippen molar-refractivity contribution in [1.82, 2.24) is 9.80 Å². The number of fused-ring (bicyclic) bond motifs is 1. The summed E-state index contributed by atoms with van der Waals surface area (Å²) in [7, 11) is 4.51. The highest BCUT2D eigenvalue weighted by atomic mass is 35.5. The van der Waals surface area contributed by atoms with Gasteiger partial charge in [-0.05, 0) is 43.1 Å². The normalized spacial score (nSPS) is 14.9. The third-order valence-corrected chi connectivity index (χ3v) is 8.24. The van der Waals surface area contributed by atoms with Crippen molar-refractivity contribution in [3.63, 3.8) is 0 Å². The summed E-state index contributed by atoms with van der Waals surface area (Å²) in [5.74, 6) is 1.47. The van der Waals surface area contributed by atoms with Gasteiger partial charge in [0.15, 0.2) is 28.4 Å². The molecule has 1 aromatic heterocycles. The van der Waals surface area contributed by atoms with E-state index in [4.69, 9.17) is 35.0 Å². The maximum absolute atomic E-state index is 13.0. The average molecular weight is 609 g/mol. The summed E-state index contributed by atoms with van der Waals surface area (Å²) in [6, 6.07) is 18.3. The maximum Gasteiger partial charge on any atom is 0.204 e. The number of phenols is 1. The molecule has 4 aromatic rings. The lowest BCUT2D eigenvalue weighted by molar-refractivity contribution is 0.119. The minimum absolute atomic E-state index is 0.0269. The predicted molar refractivity (Wildman–Crippen MR) is 167 cm³/mol. The van der Waals surface area contributed by atoms with E-state index in [-0.39, 0.29) is 28.0 Å². The monoisotopic (exact) mass is 608 g/mol. The van der Waals surface area contributed by atoms with Crippen molar-refractivity contribution in [2.75, 3.05) is 60.7 Å². The van der Waals surface area contributed by atoms with Crippen LogP contribution in [-0.2, 0) is 0 Å². The minimum atomic E-state index is -0.405. The van der Waals surface area contributed by atoms with Crippen LogP contribution in [0, 0.1) is 0 Å². The van der Waals surface area contributed by atoms with Crippen LogP contribution in [-0.4, -0.2) is 75.6 Å². The molecule has 3 aromatic carbocycles. The molecule has 1 fully saturated rings. The molecular formula is C33H37ClN2O7. The van der Waals surface area contributed by atoms with Crippen molar-refractivity contribution in [2.45, 2.75) is 18.3 Å². The zero-order valence-corrected chi connectivity index (χ0v) is 25.4. The van der Waals surface area contributed by atoms with Crippen molar-refractivity contribution in [1.29, 1.82) is 0 Å². The Bertz CT molecular complexity index is 1590. The van der Waals surface area contributed by atoms with Gasteiger partial charge in [0, 0.05) is 43.9 Å². The maximum atomic E-state index is 13.0. The molecule has 228 valence electrons. The Hall–Kier alpha value is -3.92. The van der Waals surface area contributed by atoms with E-state index in [1.807, 2.05) is 18.2 Å². The Kier molecular flexibility index (Phi) is 9.97. The molecule has 1 aliphatic heterocycles. The highest BCUT2D eigenvalue weighted by Gasteiger charge is 2.24. The molecule has 1 aliphatic rings. The van der Waals surface area contributed by atoms with Gasteiger partial charge in [-0.1, -0.05) is 30.3 Å². The predicted octanol–water partition coefficient (Wildman–Crippen LogP) is 5.91. The van der Waals surface area contributed by atoms with Gasteiger partial charge in [-0.25, -0.2) is 0 Å². The summed E-state index contributed by atoms with van der Waals surface area (Å²) in [6.45, 7) is 5.14. The zero-order chi connectivity index (χ0) is 30.3. The van der Waals surface area contributed by atoms with Gasteiger partial charge in [-0.3, -0.25) is 9.69 Å². The first-order valence-corrected chi connectivity index (χ1v) is 14.8. The fraction of sp³-hybridized carbons (Fsp3) is 0.364. The van der Waals surface area contributed by atoms with E-state index in [9.17, 15) is 9.90 Å². The van der Waals surface area contributed by atoms with Crippen molar-refractivity contribution in [2.24, 2.45) is 0 Å². The highest BCUT2D eigenvalue weighted by molar-refractivity contribution is 6.20. The van der Waals surface area contributed by atoms with Crippen LogP contribution in [0.15, 0.2) is 69.9 Å². The number of piperazine rings is 1. The van der Waals surface area contributed by atoms with Gasteiger partial charge in [0.05, 0.1) is 27.9 Å². The lowest BCUT2D eigenvalue weighted by Gasteiger charge is -2.37. The Morgan fingerprint density at radius 3 is 2.33 bits per heavy atom. The molecule has 10 heteroatoms. The number of hydrogen-bond acceptors (Lipinski definition) is 9. The van der Waals surface area contributed by atoms with Crippen LogP contribution >= 0.6 is 11.6 Å². The summed E-state index contributed by atoms with van der Waals surface area (Å²) in [5.41, 5.74) is 1.43. The number of rotatable bonds is 12. The molecule has 0 aliphatic carbocycles. The van der Waals surface area contributed by atoms with E-state index in [0.717, 1.165) is 51.1 Å². The average Bonchev–Trinajstić information content (AvgIpc) is 3.04. The van der Waals surface area contributed by atoms with E-state index in [2.05, 4.69) is 21.9 Å². The molecule has 5 rings (SSSR count). The lowest BCUT2D eigenvalue weighted by Crippen LogP contribution is -2.46. The highest BCUT2D eigenvalue weighted by Crippen LogP contribution is 2.43. The summed E-state index contributed by atoms with van der Waals surface area (Å²) < 4.78 is 28.2. The molecule has 0 spiro atoms. The molecule has 1 saturated heterocycles. The molecule has 0 amide bonds. The fourth-order valence-corrected chi connectivity index (χ4v) is 5.69. The quantitative estimate of drug-likeness (QED) is 0.120. The van der Waals surface area contributed by atoms with Gasteiger partial charge < -0.3 is 33.4 Å². The molecule has 1 N–H and O–H groups in total. The number of methoxy groups -OCH3 is 3. The van der Waals surface area contributed by atoms with Gasteiger partial charge >= 0.3 is 0 Å². The molecule has 2 heterocycles. The molecule has 1 atom stereocenters. The first kappa shape index (κ1) is 30.5. The molecule has 0 radical (unpaired) electrons. The van der Waals surface area contributed by atoms with Crippen LogP contribution in [0.4, 0.5) is 0 Å². The lowest BCUT2D eigenvalue weighted by atomic mass is 10.1. The third kappa shape index (κ3) is 6.85. The molecule has 43 heavy (non-hydrogen) atoms. The van der Waals surface area contributed by atoms with Crippen molar-refractivity contribution >= 4 is 22.6 Å². The van der Waals surface area contributed by atoms with E-state index in [0.29, 0.717) is 35.2 Å². The largest absolute Gasteiger partial charge is 0.504 e. The van der Waals surface area contributed by atoms with E-state index in [1.54, 1.807) is 31.4 Å². The third-order valence-electron chi connectivity index (χ3n) is 7.71. The number of ether oxygens (including phenoxy) is 4. The van der Waals surface area contributed by atoms with Gasteiger partial charge in [0.25, 0.3) is 0 Å². The number of alkyl halides is 1. The van der Waals surface area contributed by atoms with E-state index >= 15 is 0 Å². The van der Waals surface area contributed by atoms with Gasteiger partial charge in [-0.15, -0.1) is 11.6 Å². The Labute approximate surface area is 256 Å². The van der Waals surface area contributed by atoms with Gasteiger partial charge in [0.2, 0.25) is 5.75 Å². The number of aromatic hydroxyl groups is 1. The Balaban J connectivity index is 1.20. The number of nitrogens with zero attached hydrogens (tertiary/aromatic N) is 2. The van der Waals surface area contributed by atoms with Crippen LogP contribution in [0.2, 0.25) is 0 Å². The van der Waals surface area contributed by atoms with Crippen LogP contribution in [0.3, 0.4) is 0 Å². The summed E-state index contributed by atoms with van der Waals surface area (Å²) in [5, 5.41) is 10.9. The number of hydrogen-bond donors (Lipinski definition) is 1. The molecule has 0 saturated carbocycles. The van der Waals surface area contributed by atoms with Crippen LogP contribution in [0.25, 0.3) is 22.3 Å². The van der Waals surface area contributed by atoms with Crippen LogP contribution in [0.1, 0.15) is 23.9 Å². The Morgan fingerprint density at radius 2 is 1.63 bits per heavy atom. The molecular weight excluding hydrogens is 572 g/mol. The second kappa shape index (κ2) is 14.0. The zero-order valence-electron chi connectivity index (χ0n) is 24.7. The van der Waals surface area contributed by atoms with Crippen LogP contribution < -0.4 is 24.4 Å². The number of phenolic OH excluding ortho intramolecular Hbond substituents is 1. The fourth-order valence-electron chi connectivity index (χ4n) is 5.35. The van der Waals surface area contributed by atoms with Crippen molar-refractivity contribution < 1.29 is 28.5 Å². The smallest absolute Gasteiger partial charge is 0.204 e. The van der Waals surface area contributed by atoms with E-state index < -0.39 is 5.43 Å². The number of unbranched alkanes of at least 4 members (excludes halogenated alkanes) is 1. The summed E-state index contributed by atoms with van der Waals surface area (Å²) in [4.78, 5) is 17.8. The minimum Gasteiger partial charge on any atom is -0.504 e. The number of halogens is 1. The van der Waals surface area contributed by atoms with Crippen molar-refractivity contribution in [3.8, 4) is 40.1 Å². The summed E-state index contributed by atoms with van der Waals surface area (Å²) >= 11 is 6.71. The molecule has 0 bridgehead atoms. The topological polar surface area (TPSA) is 93.8 Å².